The third kappa shape index (κ3) is 1.96. The molecule has 0 atom stereocenters. The zero-order valence-electron chi connectivity index (χ0n) is 12.0. The summed E-state index contributed by atoms with van der Waals surface area (Å²) in [6, 6.07) is 14.8. The van der Waals surface area contributed by atoms with Gasteiger partial charge in [-0.15, -0.1) is 0 Å². The normalized spacial score (nSPS) is 11.1. The van der Waals surface area contributed by atoms with Crippen LogP contribution in [0.1, 0.15) is 30.9 Å². The van der Waals surface area contributed by atoms with Crippen molar-refractivity contribution >= 4 is 21.8 Å². The Morgan fingerprint density at radius 1 is 1.05 bits per heavy atom. The van der Waals surface area contributed by atoms with Crippen LogP contribution >= 0.6 is 0 Å². The number of fused-ring (bicyclic) bond motifs is 3. The Kier molecular flexibility index (Phi) is 3.20. The highest BCUT2D eigenvalue weighted by atomic mass is 15.0. The molecule has 1 aromatic heterocycles. The molecule has 0 bridgehead atoms. The predicted octanol–water partition coefficient (Wildman–Crippen LogP) is 4.77. The molecular formula is C18H18N2. The maximum absolute atomic E-state index is 9.12. The molecule has 2 heteroatoms. The smallest absolute Gasteiger partial charge is 0.0991 e. The van der Waals surface area contributed by atoms with Gasteiger partial charge in [0.15, 0.2) is 0 Å². The summed E-state index contributed by atoms with van der Waals surface area (Å²) < 4.78 is 2.38. The first-order valence-corrected chi connectivity index (χ1v) is 7.17. The van der Waals surface area contributed by atoms with Crippen LogP contribution in [0.4, 0.5) is 0 Å². The molecule has 0 aliphatic carbocycles. The van der Waals surface area contributed by atoms with Gasteiger partial charge in [0.2, 0.25) is 0 Å². The minimum Gasteiger partial charge on any atom is -0.340 e. The Bertz CT molecular complexity index is 819. The molecule has 0 fully saturated rings. The molecule has 2 aromatic carbocycles. The molecule has 0 unspecified atom stereocenters. The second kappa shape index (κ2) is 5.02. The summed E-state index contributed by atoms with van der Waals surface area (Å²) >= 11 is 0. The summed E-state index contributed by atoms with van der Waals surface area (Å²) in [4.78, 5) is 0. The number of aromatic nitrogens is 1. The van der Waals surface area contributed by atoms with Crippen molar-refractivity contribution in [3.05, 3.63) is 47.5 Å². The molecule has 100 valence electrons. The van der Waals surface area contributed by atoms with Gasteiger partial charge in [0.1, 0.15) is 0 Å². The zero-order valence-corrected chi connectivity index (χ0v) is 12.0. The van der Waals surface area contributed by atoms with Gasteiger partial charge in [0.05, 0.1) is 11.6 Å². The minimum absolute atomic E-state index is 0.730. The summed E-state index contributed by atoms with van der Waals surface area (Å²) in [5.74, 6) is 0. The molecule has 1 heterocycles. The highest BCUT2D eigenvalue weighted by Crippen LogP contribution is 2.30. The number of nitriles is 1. The molecule has 0 saturated heterocycles. The molecule has 0 radical (unpaired) electrons. The summed E-state index contributed by atoms with van der Waals surface area (Å²) in [6.07, 6.45) is 2.36. The van der Waals surface area contributed by atoms with Gasteiger partial charge in [-0.25, -0.2) is 0 Å². The maximum atomic E-state index is 9.12. The van der Waals surface area contributed by atoms with Gasteiger partial charge in [0.25, 0.3) is 0 Å². The largest absolute Gasteiger partial charge is 0.340 e. The van der Waals surface area contributed by atoms with Crippen LogP contribution in [-0.4, -0.2) is 4.57 Å². The summed E-state index contributed by atoms with van der Waals surface area (Å²) in [5, 5.41) is 11.6. The van der Waals surface area contributed by atoms with Crippen molar-refractivity contribution in [3.8, 4) is 6.07 Å². The van der Waals surface area contributed by atoms with E-state index in [0.29, 0.717) is 0 Å². The Hall–Kier alpha value is -2.27. The number of hydrogen-bond acceptors (Lipinski definition) is 1. The lowest BCUT2D eigenvalue weighted by atomic mass is 10.1. The summed E-state index contributed by atoms with van der Waals surface area (Å²) in [6.45, 7) is 5.36. The van der Waals surface area contributed by atoms with E-state index < -0.39 is 0 Å². The van der Waals surface area contributed by atoms with Gasteiger partial charge in [-0.2, -0.15) is 5.26 Å². The maximum Gasteiger partial charge on any atom is 0.0991 e. The fourth-order valence-electron chi connectivity index (χ4n) is 2.84. The van der Waals surface area contributed by atoms with Gasteiger partial charge in [0, 0.05) is 28.4 Å². The molecule has 0 saturated carbocycles. The standard InChI is InChI=1S/C18H18N2/c1-3-4-9-20-17-7-5-13(2)10-15(17)16-11-14(12-19)6-8-18(16)20/h5-8,10-11H,3-4,9H2,1-2H3. The van der Waals surface area contributed by atoms with E-state index in [-0.39, 0.29) is 0 Å². The van der Waals surface area contributed by atoms with E-state index in [1.165, 1.54) is 40.2 Å². The molecule has 20 heavy (non-hydrogen) atoms. The number of nitrogens with zero attached hydrogens (tertiary/aromatic N) is 2. The van der Waals surface area contributed by atoms with Crippen molar-refractivity contribution in [1.29, 1.82) is 5.26 Å². The van der Waals surface area contributed by atoms with E-state index in [1.54, 1.807) is 0 Å². The molecule has 0 aliphatic heterocycles. The number of benzene rings is 2. The SMILES string of the molecule is CCCCn1c2ccc(C)cc2c2cc(C#N)ccc21. The van der Waals surface area contributed by atoms with Crippen LogP contribution in [0.3, 0.4) is 0 Å². The Morgan fingerprint density at radius 2 is 1.75 bits per heavy atom. The summed E-state index contributed by atoms with van der Waals surface area (Å²) in [7, 11) is 0. The first-order chi connectivity index (χ1) is 9.74. The molecule has 3 aromatic rings. The Morgan fingerprint density at radius 3 is 2.45 bits per heavy atom. The topological polar surface area (TPSA) is 28.7 Å². The van der Waals surface area contributed by atoms with E-state index in [4.69, 9.17) is 5.26 Å². The van der Waals surface area contributed by atoms with Crippen LogP contribution in [0.5, 0.6) is 0 Å². The summed E-state index contributed by atoms with van der Waals surface area (Å²) in [5.41, 5.74) is 4.50. The van der Waals surface area contributed by atoms with Crippen molar-refractivity contribution in [2.75, 3.05) is 0 Å². The minimum atomic E-state index is 0.730. The third-order valence-electron chi connectivity index (χ3n) is 3.88. The molecule has 0 amide bonds. The van der Waals surface area contributed by atoms with Gasteiger partial charge in [-0.3, -0.25) is 0 Å². The number of unbranched alkanes of at least 4 members (excludes halogenated alkanes) is 1. The second-order valence-corrected chi connectivity index (χ2v) is 5.37. The van der Waals surface area contributed by atoms with Gasteiger partial charge < -0.3 is 4.57 Å². The van der Waals surface area contributed by atoms with E-state index in [2.05, 4.69) is 48.7 Å². The molecule has 3 rings (SSSR count). The van der Waals surface area contributed by atoms with E-state index in [9.17, 15) is 0 Å². The first-order valence-electron chi connectivity index (χ1n) is 7.17. The van der Waals surface area contributed by atoms with Crippen LogP contribution in [-0.2, 0) is 6.54 Å². The van der Waals surface area contributed by atoms with E-state index in [1.807, 2.05) is 12.1 Å². The van der Waals surface area contributed by atoms with Crippen molar-refractivity contribution in [1.82, 2.24) is 4.57 Å². The molecule has 0 aliphatic rings. The van der Waals surface area contributed by atoms with Gasteiger partial charge >= 0.3 is 0 Å². The highest BCUT2D eigenvalue weighted by molar-refractivity contribution is 6.08. The predicted molar refractivity (Wildman–Crippen MR) is 83.8 cm³/mol. The third-order valence-corrected chi connectivity index (χ3v) is 3.88. The van der Waals surface area contributed by atoms with Crippen LogP contribution in [0, 0.1) is 18.3 Å². The van der Waals surface area contributed by atoms with Crippen molar-refractivity contribution in [2.24, 2.45) is 0 Å². The van der Waals surface area contributed by atoms with Crippen LogP contribution < -0.4 is 0 Å². The van der Waals surface area contributed by atoms with Gasteiger partial charge in [-0.05, 0) is 43.7 Å². The van der Waals surface area contributed by atoms with Crippen molar-refractivity contribution in [2.45, 2.75) is 33.2 Å². The first kappa shape index (κ1) is 12.7. The van der Waals surface area contributed by atoms with Gasteiger partial charge in [-0.1, -0.05) is 25.0 Å². The quantitative estimate of drug-likeness (QED) is 0.668. The Labute approximate surface area is 119 Å². The average Bonchev–Trinajstić information content (AvgIpc) is 2.77. The lowest BCUT2D eigenvalue weighted by Crippen LogP contribution is -1.96. The monoisotopic (exact) mass is 262 g/mol. The van der Waals surface area contributed by atoms with Crippen LogP contribution in [0.2, 0.25) is 0 Å². The molecule has 0 N–H and O–H groups in total. The second-order valence-electron chi connectivity index (χ2n) is 5.37. The molecular weight excluding hydrogens is 244 g/mol. The average molecular weight is 262 g/mol. The highest BCUT2D eigenvalue weighted by Gasteiger charge is 2.10. The fourth-order valence-corrected chi connectivity index (χ4v) is 2.84. The van der Waals surface area contributed by atoms with Crippen LogP contribution in [0.25, 0.3) is 21.8 Å². The lowest BCUT2D eigenvalue weighted by molar-refractivity contribution is 0.665. The van der Waals surface area contributed by atoms with Crippen molar-refractivity contribution < 1.29 is 0 Å². The Balaban J connectivity index is 2.37. The number of aryl methyl sites for hydroxylation is 2. The van der Waals surface area contributed by atoms with E-state index >= 15 is 0 Å². The van der Waals surface area contributed by atoms with E-state index in [0.717, 1.165) is 12.1 Å². The number of hydrogen-bond donors (Lipinski definition) is 0. The van der Waals surface area contributed by atoms with Crippen LogP contribution in [0.15, 0.2) is 36.4 Å². The zero-order chi connectivity index (χ0) is 14.1. The molecule has 0 spiro atoms. The molecule has 2 nitrogen and oxygen atoms in total. The lowest BCUT2D eigenvalue weighted by Gasteiger charge is -2.06. The van der Waals surface area contributed by atoms with Crippen molar-refractivity contribution in [3.63, 3.8) is 0 Å². The number of rotatable bonds is 3. The fraction of sp³-hybridized carbons (Fsp3) is 0.278.